The first kappa shape index (κ1) is 12.3. The molecular weight excluding hydrogens is 280 g/mol. The SMILES string of the molecule is OB(O)c1ccc(Br)cc1OC(F)(F)F. The molecule has 1 aromatic carbocycles. The molecule has 0 aliphatic carbocycles. The summed E-state index contributed by atoms with van der Waals surface area (Å²) < 4.78 is 39.7. The number of halogens is 4. The van der Waals surface area contributed by atoms with Crippen LogP contribution in [0.5, 0.6) is 5.75 Å². The van der Waals surface area contributed by atoms with Gasteiger partial charge < -0.3 is 14.8 Å². The topological polar surface area (TPSA) is 49.7 Å². The molecule has 0 aliphatic rings. The van der Waals surface area contributed by atoms with Crippen LogP contribution in [0.2, 0.25) is 0 Å². The van der Waals surface area contributed by atoms with Gasteiger partial charge in [-0.25, -0.2) is 0 Å². The molecule has 0 unspecified atom stereocenters. The second-order valence-corrected chi connectivity index (χ2v) is 3.52. The highest BCUT2D eigenvalue weighted by Gasteiger charge is 2.33. The molecule has 0 spiro atoms. The van der Waals surface area contributed by atoms with Gasteiger partial charge in [-0.2, -0.15) is 0 Å². The Morgan fingerprint density at radius 3 is 2.33 bits per heavy atom. The van der Waals surface area contributed by atoms with E-state index in [9.17, 15) is 13.2 Å². The third-order valence-electron chi connectivity index (χ3n) is 1.48. The van der Waals surface area contributed by atoms with E-state index in [2.05, 4.69) is 20.7 Å². The Kier molecular flexibility index (Phi) is 3.64. The van der Waals surface area contributed by atoms with Gasteiger partial charge in [-0.05, 0) is 12.1 Å². The first-order valence-electron chi connectivity index (χ1n) is 3.71. The zero-order chi connectivity index (χ0) is 11.6. The quantitative estimate of drug-likeness (QED) is 0.798. The average molecular weight is 285 g/mol. The van der Waals surface area contributed by atoms with Crippen LogP contribution in [0.25, 0.3) is 0 Å². The molecule has 3 nitrogen and oxygen atoms in total. The molecule has 0 aromatic heterocycles. The minimum atomic E-state index is -4.87. The zero-order valence-corrected chi connectivity index (χ0v) is 8.71. The normalized spacial score (nSPS) is 11.3. The number of hydrogen-bond donors (Lipinski definition) is 2. The van der Waals surface area contributed by atoms with E-state index in [-0.39, 0.29) is 5.46 Å². The van der Waals surface area contributed by atoms with E-state index in [1.165, 1.54) is 6.07 Å². The van der Waals surface area contributed by atoms with Gasteiger partial charge >= 0.3 is 13.5 Å². The van der Waals surface area contributed by atoms with Crippen molar-refractivity contribution in [1.82, 2.24) is 0 Å². The minimum Gasteiger partial charge on any atom is -0.423 e. The van der Waals surface area contributed by atoms with Gasteiger partial charge in [-0.3, -0.25) is 0 Å². The highest BCUT2D eigenvalue weighted by atomic mass is 79.9. The molecular formula is C7H5BBrF3O3. The first-order chi connectivity index (χ1) is 6.79. The van der Waals surface area contributed by atoms with Crippen molar-refractivity contribution in [3.05, 3.63) is 22.7 Å². The van der Waals surface area contributed by atoms with Gasteiger partial charge in [0.15, 0.2) is 0 Å². The van der Waals surface area contributed by atoms with Gasteiger partial charge in [-0.15, -0.1) is 13.2 Å². The highest BCUT2D eigenvalue weighted by Crippen LogP contribution is 2.24. The van der Waals surface area contributed by atoms with Crippen LogP contribution in [-0.4, -0.2) is 23.5 Å². The van der Waals surface area contributed by atoms with Crippen molar-refractivity contribution in [3.63, 3.8) is 0 Å². The van der Waals surface area contributed by atoms with Crippen molar-refractivity contribution in [1.29, 1.82) is 0 Å². The Balaban J connectivity index is 3.08. The summed E-state index contributed by atoms with van der Waals surface area (Å²) >= 11 is 2.94. The number of alkyl halides is 3. The average Bonchev–Trinajstić information content (AvgIpc) is 1.99. The van der Waals surface area contributed by atoms with Crippen LogP contribution >= 0.6 is 15.9 Å². The summed E-state index contributed by atoms with van der Waals surface area (Å²) in [5.74, 6) is -0.646. The molecule has 2 N–H and O–H groups in total. The molecule has 0 fully saturated rings. The first-order valence-corrected chi connectivity index (χ1v) is 4.50. The zero-order valence-electron chi connectivity index (χ0n) is 7.12. The molecule has 0 saturated heterocycles. The van der Waals surface area contributed by atoms with Gasteiger partial charge in [-0.1, -0.05) is 22.0 Å². The summed E-state index contributed by atoms with van der Waals surface area (Å²) in [6.45, 7) is 0. The van der Waals surface area contributed by atoms with Crippen LogP contribution in [0.15, 0.2) is 22.7 Å². The molecule has 0 radical (unpaired) electrons. The van der Waals surface area contributed by atoms with Gasteiger partial charge in [0.25, 0.3) is 0 Å². The largest absolute Gasteiger partial charge is 0.573 e. The van der Waals surface area contributed by atoms with Crippen molar-refractivity contribution in [2.24, 2.45) is 0 Å². The van der Waals surface area contributed by atoms with Crippen molar-refractivity contribution in [3.8, 4) is 5.75 Å². The summed E-state index contributed by atoms with van der Waals surface area (Å²) in [7, 11) is -2.02. The second kappa shape index (κ2) is 4.42. The number of rotatable bonds is 2. The molecule has 8 heteroatoms. The Morgan fingerprint density at radius 2 is 1.87 bits per heavy atom. The Hall–Kier alpha value is -0.725. The third-order valence-corrected chi connectivity index (χ3v) is 1.97. The molecule has 0 saturated carbocycles. The van der Waals surface area contributed by atoms with Gasteiger partial charge in [0.05, 0.1) is 0 Å². The number of hydrogen-bond acceptors (Lipinski definition) is 3. The van der Waals surface area contributed by atoms with E-state index in [0.717, 1.165) is 12.1 Å². The van der Waals surface area contributed by atoms with E-state index in [0.29, 0.717) is 4.47 Å². The van der Waals surface area contributed by atoms with E-state index in [1.807, 2.05) is 0 Å². The standard InChI is InChI=1S/C7H5BBrF3O3/c9-4-1-2-5(8(13)14)6(3-4)15-7(10,11)12/h1-3,13-14H. The monoisotopic (exact) mass is 284 g/mol. The molecule has 15 heavy (non-hydrogen) atoms. The van der Waals surface area contributed by atoms with E-state index < -0.39 is 19.2 Å². The summed E-state index contributed by atoms with van der Waals surface area (Å²) in [5, 5.41) is 17.6. The lowest BCUT2D eigenvalue weighted by Crippen LogP contribution is -2.33. The van der Waals surface area contributed by atoms with Crippen LogP contribution in [-0.2, 0) is 0 Å². The Morgan fingerprint density at radius 1 is 1.27 bits per heavy atom. The Bertz CT molecular complexity index is 356. The molecule has 0 heterocycles. The van der Waals surface area contributed by atoms with Gasteiger partial charge in [0, 0.05) is 9.94 Å². The maximum absolute atomic E-state index is 11.9. The van der Waals surface area contributed by atoms with E-state index in [1.54, 1.807) is 0 Å². The minimum absolute atomic E-state index is 0.339. The summed E-state index contributed by atoms with van der Waals surface area (Å²) in [5.41, 5.74) is -0.351. The molecule has 0 atom stereocenters. The highest BCUT2D eigenvalue weighted by molar-refractivity contribution is 9.10. The van der Waals surface area contributed by atoms with E-state index in [4.69, 9.17) is 10.0 Å². The van der Waals surface area contributed by atoms with Gasteiger partial charge in [0.1, 0.15) is 5.75 Å². The fourth-order valence-corrected chi connectivity index (χ4v) is 1.27. The van der Waals surface area contributed by atoms with Crippen molar-refractivity contribution < 1.29 is 28.0 Å². The van der Waals surface area contributed by atoms with Crippen LogP contribution in [0.1, 0.15) is 0 Å². The van der Waals surface area contributed by atoms with Gasteiger partial charge in [0.2, 0.25) is 0 Å². The molecule has 0 amide bonds. The van der Waals surface area contributed by atoms with Crippen LogP contribution in [0.4, 0.5) is 13.2 Å². The summed E-state index contributed by atoms with van der Waals surface area (Å²) in [4.78, 5) is 0. The second-order valence-electron chi connectivity index (χ2n) is 2.60. The fraction of sp³-hybridized carbons (Fsp3) is 0.143. The Labute approximate surface area is 91.8 Å². The van der Waals surface area contributed by atoms with Crippen molar-refractivity contribution in [2.75, 3.05) is 0 Å². The summed E-state index contributed by atoms with van der Waals surface area (Å²) in [6, 6.07) is 3.50. The molecule has 0 bridgehead atoms. The van der Waals surface area contributed by atoms with Crippen molar-refractivity contribution >= 4 is 28.5 Å². The van der Waals surface area contributed by atoms with Crippen molar-refractivity contribution in [2.45, 2.75) is 6.36 Å². The molecule has 1 aromatic rings. The predicted molar refractivity (Wildman–Crippen MR) is 50.7 cm³/mol. The molecule has 1 rings (SSSR count). The number of benzene rings is 1. The maximum Gasteiger partial charge on any atom is 0.573 e. The third kappa shape index (κ3) is 3.73. The summed E-state index contributed by atoms with van der Waals surface area (Å²) in [6.07, 6.45) is -4.87. The predicted octanol–water partition coefficient (Wildman–Crippen LogP) is 1.03. The lowest BCUT2D eigenvalue weighted by molar-refractivity contribution is -0.274. The molecule has 82 valence electrons. The van der Waals surface area contributed by atoms with Crippen LogP contribution < -0.4 is 10.2 Å². The number of ether oxygens (including phenoxy) is 1. The van der Waals surface area contributed by atoms with Crippen LogP contribution in [0, 0.1) is 0 Å². The lowest BCUT2D eigenvalue weighted by atomic mass is 9.79. The maximum atomic E-state index is 11.9. The molecule has 0 aliphatic heterocycles. The fourth-order valence-electron chi connectivity index (χ4n) is 0.935. The van der Waals surface area contributed by atoms with E-state index >= 15 is 0 Å². The van der Waals surface area contributed by atoms with Crippen LogP contribution in [0.3, 0.4) is 0 Å². The smallest absolute Gasteiger partial charge is 0.423 e. The lowest BCUT2D eigenvalue weighted by Gasteiger charge is -2.12.